The molecule has 2 N–H and O–H groups in total. The number of benzene rings is 2. The number of aliphatic hydroxyl groups is 2. The van der Waals surface area contributed by atoms with Crippen LogP contribution in [0.3, 0.4) is 0 Å². The Labute approximate surface area is 135 Å². The Morgan fingerprint density at radius 3 is 2.39 bits per heavy atom. The molecule has 124 valence electrons. The molecule has 0 saturated carbocycles. The number of nitrogens with zero attached hydrogens (tertiary/aromatic N) is 1. The second-order valence-electron chi connectivity index (χ2n) is 5.48. The molecule has 2 aromatic rings. The Morgan fingerprint density at radius 2 is 1.83 bits per heavy atom. The number of likely N-dealkylation sites (N-methyl/N-ethyl adjacent to an activating group) is 1. The summed E-state index contributed by atoms with van der Waals surface area (Å²) in [5.74, 6) is 0.367. The average Bonchev–Trinajstić information content (AvgIpc) is 2.56. The molecule has 2 atom stereocenters. The van der Waals surface area contributed by atoms with E-state index in [0.717, 1.165) is 11.3 Å². The first kappa shape index (κ1) is 17.4. The molecule has 0 amide bonds. The zero-order valence-corrected chi connectivity index (χ0v) is 13.3. The van der Waals surface area contributed by atoms with E-state index in [-0.39, 0.29) is 25.0 Å². The molecule has 0 saturated heterocycles. The predicted octanol–water partition coefficient (Wildman–Crippen LogP) is 2.53. The van der Waals surface area contributed by atoms with Crippen molar-refractivity contribution in [3.63, 3.8) is 0 Å². The summed E-state index contributed by atoms with van der Waals surface area (Å²) in [6.45, 7) is 0.194. The Bertz CT molecular complexity index is 618. The predicted molar refractivity (Wildman–Crippen MR) is 86.8 cm³/mol. The van der Waals surface area contributed by atoms with Crippen molar-refractivity contribution in [3.05, 3.63) is 65.5 Å². The summed E-state index contributed by atoms with van der Waals surface area (Å²) in [5, 5.41) is 20.0. The molecule has 23 heavy (non-hydrogen) atoms. The highest BCUT2D eigenvalue weighted by atomic mass is 19.1. The molecule has 0 fully saturated rings. The SMILES string of the molecule is COc1ccc([C@H](CO)N(C)C[C@@H](O)c2cccc(F)c2)cc1. The highest BCUT2D eigenvalue weighted by molar-refractivity contribution is 5.29. The fraction of sp³-hybridized carbons (Fsp3) is 0.333. The molecule has 0 bridgehead atoms. The van der Waals surface area contributed by atoms with Crippen molar-refractivity contribution in [1.29, 1.82) is 0 Å². The zero-order valence-electron chi connectivity index (χ0n) is 13.3. The molecule has 2 aromatic carbocycles. The van der Waals surface area contributed by atoms with Crippen molar-refractivity contribution >= 4 is 0 Å². The highest BCUT2D eigenvalue weighted by Crippen LogP contribution is 2.24. The average molecular weight is 319 g/mol. The van der Waals surface area contributed by atoms with Crippen LogP contribution in [0.15, 0.2) is 48.5 Å². The Balaban J connectivity index is 2.08. The molecule has 2 rings (SSSR count). The topological polar surface area (TPSA) is 52.9 Å². The molecule has 0 aromatic heterocycles. The zero-order chi connectivity index (χ0) is 16.8. The fourth-order valence-corrected chi connectivity index (χ4v) is 2.54. The van der Waals surface area contributed by atoms with E-state index in [9.17, 15) is 14.6 Å². The first-order chi connectivity index (χ1) is 11.0. The van der Waals surface area contributed by atoms with Gasteiger partial charge < -0.3 is 14.9 Å². The van der Waals surface area contributed by atoms with Gasteiger partial charge >= 0.3 is 0 Å². The summed E-state index contributed by atoms with van der Waals surface area (Å²) in [7, 11) is 3.41. The molecule has 0 radical (unpaired) electrons. The van der Waals surface area contributed by atoms with Crippen LogP contribution >= 0.6 is 0 Å². The molecule has 4 nitrogen and oxygen atoms in total. The van der Waals surface area contributed by atoms with Crippen LogP contribution in [0.5, 0.6) is 5.75 Å². The summed E-state index contributed by atoms with van der Waals surface area (Å²) in [5.41, 5.74) is 1.44. The van der Waals surface area contributed by atoms with E-state index in [1.54, 1.807) is 19.2 Å². The van der Waals surface area contributed by atoms with Crippen LogP contribution < -0.4 is 4.74 Å². The monoisotopic (exact) mass is 319 g/mol. The number of hydrogen-bond donors (Lipinski definition) is 2. The minimum atomic E-state index is -0.831. The van der Waals surface area contributed by atoms with Gasteiger partial charge in [-0.15, -0.1) is 0 Å². The lowest BCUT2D eigenvalue weighted by atomic mass is 10.0. The van der Waals surface area contributed by atoms with Crippen molar-refractivity contribution < 1.29 is 19.3 Å². The summed E-state index contributed by atoms with van der Waals surface area (Å²) in [4.78, 5) is 1.84. The second kappa shape index (κ2) is 8.06. The fourth-order valence-electron chi connectivity index (χ4n) is 2.54. The van der Waals surface area contributed by atoms with Gasteiger partial charge in [0.25, 0.3) is 0 Å². The van der Waals surface area contributed by atoms with Gasteiger partial charge in [0.05, 0.1) is 25.9 Å². The van der Waals surface area contributed by atoms with Gasteiger partial charge in [-0.3, -0.25) is 4.90 Å². The van der Waals surface area contributed by atoms with Crippen LogP contribution in [-0.2, 0) is 0 Å². The molecule has 0 aliphatic heterocycles. The van der Waals surface area contributed by atoms with Gasteiger partial charge in [-0.1, -0.05) is 24.3 Å². The molecular formula is C18H22FNO3. The van der Waals surface area contributed by atoms with Crippen molar-refractivity contribution in [2.24, 2.45) is 0 Å². The first-order valence-electron chi connectivity index (χ1n) is 7.43. The van der Waals surface area contributed by atoms with Crippen molar-refractivity contribution in [1.82, 2.24) is 4.90 Å². The van der Waals surface area contributed by atoms with Crippen LogP contribution in [0.4, 0.5) is 4.39 Å². The maximum absolute atomic E-state index is 13.2. The minimum absolute atomic E-state index is 0.0846. The number of ether oxygens (including phenoxy) is 1. The second-order valence-corrected chi connectivity index (χ2v) is 5.48. The standard InChI is InChI=1S/C18H22FNO3/c1-20(11-18(22)14-4-3-5-15(19)10-14)17(12-21)13-6-8-16(23-2)9-7-13/h3-10,17-18,21-22H,11-12H2,1-2H3/t17-,18+/m0/s1. The third-order valence-corrected chi connectivity index (χ3v) is 3.90. The molecule has 0 spiro atoms. The number of aliphatic hydroxyl groups excluding tert-OH is 2. The first-order valence-corrected chi connectivity index (χ1v) is 7.43. The van der Waals surface area contributed by atoms with Gasteiger partial charge in [0.2, 0.25) is 0 Å². The number of halogens is 1. The van der Waals surface area contributed by atoms with Gasteiger partial charge in [-0.25, -0.2) is 4.39 Å². The smallest absolute Gasteiger partial charge is 0.123 e. The Kier molecular flexibility index (Phi) is 6.10. The maximum atomic E-state index is 13.2. The van der Waals surface area contributed by atoms with E-state index in [1.807, 2.05) is 36.2 Å². The number of rotatable bonds is 7. The van der Waals surface area contributed by atoms with E-state index in [2.05, 4.69) is 0 Å². The Hall–Kier alpha value is -1.95. The largest absolute Gasteiger partial charge is 0.497 e. The molecule has 0 aliphatic carbocycles. The minimum Gasteiger partial charge on any atom is -0.497 e. The summed E-state index contributed by atoms with van der Waals surface area (Å²) in [6, 6.07) is 13.1. The molecule has 0 unspecified atom stereocenters. The lowest BCUT2D eigenvalue weighted by Crippen LogP contribution is -2.31. The molecule has 0 aliphatic rings. The van der Waals surface area contributed by atoms with E-state index in [0.29, 0.717) is 5.56 Å². The molecule has 5 heteroatoms. The quantitative estimate of drug-likeness (QED) is 0.823. The van der Waals surface area contributed by atoms with Gasteiger partial charge in [-0.2, -0.15) is 0 Å². The lowest BCUT2D eigenvalue weighted by molar-refractivity contribution is 0.0794. The van der Waals surface area contributed by atoms with Crippen LogP contribution in [0.1, 0.15) is 23.3 Å². The summed E-state index contributed by atoms with van der Waals surface area (Å²) in [6.07, 6.45) is -0.831. The molecule has 0 heterocycles. The van der Waals surface area contributed by atoms with Crippen molar-refractivity contribution in [3.8, 4) is 5.75 Å². The van der Waals surface area contributed by atoms with Gasteiger partial charge in [0, 0.05) is 6.54 Å². The lowest BCUT2D eigenvalue weighted by Gasteiger charge is -2.29. The summed E-state index contributed by atoms with van der Waals surface area (Å²) >= 11 is 0. The highest BCUT2D eigenvalue weighted by Gasteiger charge is 2.20. The number of methoxy groups -OCH3 is 1. The van der Waals surface area contributed by atoms with E-state index in [1.165, 1.54) is 12.1 Å². The van der Waals surface area contributed by atoms with Gasteiger partial charge in [0.15, 0.2) is 0 Å². The number of hydrogen-bond acceptors (Lipinski definition) is 4. The van der Waals surface area contributed by atoms with Crippen LogP contribution in [0.2, 0.25) is 0 Å². The summed E-state index contributed by atoms with van der Waals surface area (Å²) < 4.78 is 18.4. The Morgan fingerprint density at radius 1 is 1.13 bits per heavy atom. The normalized spacial score (nSPS) is 13.8. The van der Waals surface area contributed by atoms with E-state index in [4.69, 9.17) is 4.74 Å². The van der Waals surface area contributed by atoms with Crippen LogP contribution in [0, 0.1) is 5.82 Å². The third kappa shape index (κ3) is 4.51. The van der Waals surface area contributed by atoms with Crippen LogP contribution in [-0.4, -0.2) is 42.4 Å². The van der Waals surface area contributed by atoms with Gasteiger partial charge in [0.1, 0.15) is 11.6 Å². The third-order valence-electron chi connectivity index (χ3n) is 3.90. The van der Waals surface area contributed by atoms with Crippen LogP contribution in [0.25, 0.3) is 0 Å². The van der Waals surface area contributed by atoms with Crippen molar-refractivity contribution in [2.45, 2.75) is 12.1 Å². The molecular weight excluding hydrogens is 297 g/mol. The maximum Gasteiger partial charge on any atom is 0.123 e. The van der Waals surface area contributed by atoms with Crippen molar-refractivity contribution in [2.75, 3.05) is 27.3 Å². The van der Waals surface area contributed by atoms with E-state index < -0.39 is 6.10 Å². The van der Waals surface area contributed by atoms with E-state index >= 15 is 0 Å². The van der Waals surface area contributed by atoms with Gasteiger partial charge in [-0.05, 0) is 42.4 Å².